The largest absolute Gasteiger partial charge is 0.472 e. The molecule has 0 aliphatic carbocycles. The second-order valence-electron chi connectivity index (χ2n) is 26.3. The summed E-state index contributed by atoms with van der Waals surface area (Å²) in [5.41, 5.74) is 0. The van der Waals surface area contributed by atoms with E-state index in [1.807, 2.05) is 21.1 Å². The lowest BCUT2D eigenvalue weighted by Crippen LogP contribution is -2.37. The van der Waals surface area contributed by atoms with Crippen molar-refractivity contribution in [1.82, 2.24) is 0 Å². The molecule has 0 aliphatic rings. The quantitative estimate of drug-likeness (QED) is 0.0211. The molecule has 2 atom stereocenters. The van der Waals surface area contributed by atoms with Crippen molar-refractivity contribution in [3.05, 3.63) is 60.8 Å². The first-order chi connectivity index (χ1) is 42.0. The lowest BCUT2D eigenvalue weighted by Gasteiger charge is -2.24. The van der Waals surface area contributed by atoms with Crippen LogP contribution in [0.1, 0.15) is 361 Å². The van der Waals surface area contributed by atoms with Gasteiger partial charge in [0.1, 0.15) is 19.8 Å². The molecule has 0 aromatic carbocycles. The highest BCUT2D eigenvalue weighted by molar-refractivity contribution is 7.47. The average Bonchev–Trinajstić information content (AvgIpc) is 3.70. The van der Waals surface area contributed by atoms with E-state index in [-0.39, 0.29) is 32.0 Å². The van der Waals surface area contributed by atoms with Gasteiger partial charge in [0.15, 0.2) is 6.10 Å². The number of quaternary nitrogens is 1. The maximum absolute atomic E-state index is 12.9. The van der Waals surface area contributed by atoms with Gasteiger partial charge in [-0.2, -0.15) is 0 Å². The Morgan fingerprint density at radius 3 is 0.930 bits per heavy atom. The topological polar surface area (TPSA) is 108 Å². The molecule has 1 N–H and O–H groups in total. The lowest BCUT2D eigenvalue weighted by molar-refractivity contribution is -0.870. The van der Waals surface area contributed by atoms with Crippen molar-refractivity contribution in [3.8, 4) is 0 Å². The average molecular weight is 1230 g/mol. The summed E-state index contributed by atoms with van der Waals surface area (Å²) < 4.78 is 34.7. The number of hydrogen-bond donors (Lipinski definition) is 1. The Bertz CT molecular complexity index is 1630. The van der Waals surface area contributed by atoms with E-state index in [1.165, 1.54) is 276 Å². The van der Waals surface area contributed by atoms with Crippen molar-refractivity contribution in [2.45, 2.75) is 367 Å². The summed E-state index contributed by atoms with van der Waals surface area (Å²) >= 11 is 0. The summed E-state index contributed by atoms with van der Waals surface area (Å²) in [6.07, 6.45) is 89.2. The standard InChI is InChI=1S/C76H142NO8P/c1-6-8-10-12-14-16-18-20-22-24-26-28-29-30-31-32-33-34-35-36-37-38-39-40-41-42-43-44-45-46-47-49-51-53-55-57-59-61-63-65-67-69-76(79)85-74(73-84-86(80,81)83-71-70-77(3,4)5)72-82-75(78)68-66-64-62-60-58-56-54-52-50-48-27-25-23-21-19-17-15-13-11-9-7-2/h18-21,24-27,29-30,74H,6-17,22-23,28,31-73H2,1-5H3/p+1/b20-18-,21-19-,26-24-,27-25-,30-29-. The summed E-state index contributed by atoms with van der Waals surface area (Å²) in [5, 5.41) is 0. The van der Waals surface area contributed by atoms with E-state index in [0.29, 0.717) is 17.4 Å². The molecule has 0 radical (unpaired) electrons. The molecule has 86 heavy (non-hydrogen) atoms. The van der Waals surface area contributed by atoms with E-state index < -0.39 is 26.5 Å². The predicted molar refractivity (Wildman–Crippen MR) is 372 cm³/mol. The molecule has 0 aromatic rings. The number of phosphoric acid groups is 1. The van der Waals surface area contributed by atoms with Crippen molar-refractivity contribution in [2.24, 2.45) is 0 Å². The summed E-state index contributed by atoms with van der Waals surface area (Å²) in [7, 11) is 1.49. The van der Waals surface area contributed by atoms with Gasteiger partial charge in [-0.1, -0.05) is 325 Å². The van der Waals surface area contributed by atoms with Crippen molar-refractivity contribution in [2.75, 3.05) is 47.5 Å². The zero-order chi connectivity index (χ0) is 62.6. The molecule has 0 saturated heterocycles. The number of likely N-dealkylation sites (N-methyl/N-ethyl adjacent to an activating group) is 1. The van der Waals surface area contributed by atoms with Crippen molar-refractivity contribution in [1.29, 1.82) is 0 Å². The van der Waals surface area contributed by atoms with E-state index in [1.54, 1.807) is 0 Å². The Balaban J connectivity index is 3.90. The van der Waals surface area contributed by atoms with Crippen LogP contribution < -0.4 is 0 Å². The Labute approximate surface area is 534 Å². The van der Waals surface area contributed by atoms with Gasteiger partial charge in [-0.25, -0.2) is 4.57 Å². The number of allylic oxidation sites excluding steroid dienone is 10. The second kappa shape index (κ2) is 67.1. The molecule has 0 saturated carbocycles. The van der Waals surface area contributed by atoms with E-state index in [9.17, 15) is 19.0 Å². The van der Waals surface area contributed by atoms with Crippen LogP contribution >= 0.6 is 7.82 Å². The van der Waals surface area contributed by atoms with Gasteiger partial charge in [0.25, 0.3) is 0 Å². The molecule has 0 amide bonds. The fourth-order valence-corrected chi connectivity index (χ4v) is 11.6. The van der Waals surface area contributed by atoms with Crippen LogP contribution in [-0.2, 0) is 32.7 Å². The summed E-state index contributed by atoms with van der Waals surface area (Å²) in [6.45, 7) is 4.46. The molecule has 504 valence electrons. The van der Waals surface area contributed by atoms with Gasteiger partial charge in [0.05, 0.1) is 27.7 Å². The van der Waals surface area contributed by atoms with Crippen LogP contribution in [0.5, 0.6) is 0 Å². The minimum absolute atomic E-state index is 0.0320. The van der Waals surface area contributed by atoms with Crippen molar-refractivity contribution < 1.29 is 42.1 Å². The fraction of sp³-hybridized carbons (Fsp3) is 0.842. The molecule has 10 heteroatoms. The van der Waals surface area contributed by atoms with Gasteiger partial charge >= 0.3 is 19.8 Å². The van der Waals surface area contributed by atoms with Gasteiger partial charge in [-0.3, -0.25) is 18.6 Å². The van der Waals surface area contributed by atoms with Crippen LogP contribution in [0, 0.1) is 0 Å². The van der Waals surface area contributed by atoms with Gasteiger partial charge in [0.2, 0.25) is 0 Å². The molecular weight excluding hydrogens is 1090 g/mol. The summed E-state index contributed by atoms with van der Waals surface area (Å²) in [6, 6.07) is 0. The van der Waals surface area contributed by atoms with E-state index in [2.05, 4.69) is 74.6 Å². The third-order valence-electron chi connectivity index (χ3n) is 16.5. The highest BCUT2D eigenvalue weighted by Crippen LogP contribution is 2.43. The molecule has 0 rings (SSSR count). The molecule has 0 aliphatic heterocycles. The second-order valence-corrected chi connectivity index (χ2v) is 27.8. The number of esters is 2. The van der Waals surface area contributed by atoms with Crippen LogP contribution in [0.4, 0.5) is 0 Å². The summed E-state index contributed by atoms with van der Waals surface area (Å²) in [5.74, 6) is -0.786. The Kier molecular flexibility index (Phi) is 65.3. The highest BCUT2D eigenvalue weighted by atomic mass is 31.2. The van der Waals surface area contributed by atoms with Gasteiger partial charge in [-0.15, -0.1) is 0 Å². The van der Waals surface area contributed by atoms with Crippen LogP contribution in [0.15, 0.2) is 60.8 Å². The number of ether oxygens (including phenoxy) is 2. The molecule has 0 heterocycles. The minimum Gasteiger partial charge on any atom is -0.462 e. The van der Waals surface area contributed by atoms with Crippen LogP contribution in [0.2, 0.25) is 0 Å². The van der Waals surface area contributed by atoms with E-state index in [0.717, 1.165) is 51.4 Å². The number of carbonyl (C=O) groups excluding carboxylic acids is 2. The Morgan fingerprint density at radius 1 is 0.360 bits per heavy atom. The Hall–Kier alpha value is -2.29. The maximum atomic E-state index is 12.9. The van der Waals surface area contributed by atoms with Crippen LogP contribution in [0.25, 0.3) is 0 Å². The normalized spacial score (nSPS) is 13.4. The molecule has 2 unspecified atom stereocenters. The van der Waals surface area contributed by atoms with Gasteiger partial charge in [0, 0.05) is 12.8 Å². The molecule has 0 aromatic heterocycles. The van der Waals surface area contributed by atoms with Gasteiger partial charge < -0.3 is 18.9 Å². The highest BCUT2D eigenvalue weighted by Gasteiger charge is 2.27. The van der Waals surface area contributed by atoms with Crippen molar-refractivity contribution in [3.63, 3.8) is 0 Å². The minimum atomic E-state index is -4.39. The number of hydrogen-bond acceptors (Lipinski definition) is 7. The molecule has 9 nitrogen and oxygen atoms in total. The fourth-order valence-electron chi connectivity index (χ4n) is 10.8. The van der Waals surface area contributed by atoms with Crippen LogP contribution in [0.3, 0.4) is 0 Å². The summed E-state index contributed by atoms with van der Waals surface area (Å²) in [4.78, 5) is 35.9. The number of carbonyl (C=O) groups is 2. The first kappa shape index (κ1) is 83.7. The SMILES string of the molecule is CCCCCCC/C=C\C/C=C\C/C=C\CCCCCCCCCCCCCCCCCCCCCCCCCCCCC(=O)OC(COC(=O)CCCCCCCCCCC/C=C\C/C=C\CCCCCCC)COP(=O)(O)OCC[N+](C)(C)C. The van der Waals surface area contributed by atoms with Gasteiger partial charge in [-0.05, 0) is 83.5 Å². The maximum Gasteiger partial charge on any atom is 0.472 e. The Morgan fingerprint density at radius 2 is 0.628 bits per heavy atom. The smallest absolute Gasteiger partial charge is 0.462 e. The number of phosphoric ester groups is 1. The molecule has 0 spiro atoms. The molecule has 0 fully saturated rings. The molecule has 0 bridgehead atoms. The number of nitrogens with zero attached hydrogens (tertiary/aromatic N) is 1. The lowest BCUT2D eigenvalue weighted by atomic mass is 10.0. The third kappa shape index (κ3) is 70.8. The first-order valence-corrected chi connectivity index (χ1v) is 38.5. The van der Waals surface area contributed by atoms with Crippen LogP contribution in [-0.4, -0.2) is 74.9 Å². The van der Waals surface area contributed by atoms with E-state index in [4.69, 9.17) is 18.5 Å². The monoisotopic (exact) mass is 1230 g/mol. The van der Waals surface area contributed by atoms with Crippen molar-refractivity contribution >= 4 is 19.8 Å². The zero-order valence-corrected chi connectivity index (χ0v) is 58.5. The molecular formula is C76H143NO8P+. The number of rotatable bonds is 69. The third-order valence-corrected chi connectivity index (χ3v) is 17.5. The number of unbranched alkanes of at least 4 members (excludes halogenated alkanes) is 45. The predicted octanol–water partition coefficient (Wildman–Crippen LogP) is 24.2. The zero-order valence-electron chi connectivity index (χ0n) is 57.6. The van der Waals surface area contributed by atoms with E-state index >= 15 is 0 Å². The first-order valence-electron chi connectivity index (χ1n) is 37.0.